The van der Waals surface area contributed by atoms with E-state index in [9.17, 15) is 9.59 Å². The van der Waals surface area contributed by atoms with Crippen LogP contribution in [0, 0.1) is 0 Å². The van der Waals surface area contributed by atoms with Crippen molar-refractivity contribution in [3.8, 4) is 0 Å². The van der Waals surface area contributed by atoms with Crippen LogP contribution >= 0.6 is 0 Å². The second kappa shape index (κ2) is 8.45. The summed E-state index contributed by atoms with van der Waals surface area (Å²) in [6.45, 7) is 2.45. The van der Waals surface area contributed by atoms with Gasteiger partial charge in [0.05, 0.1) is 19.1 Å². The summed E-state index contributed by atoms with van der Waals surface area (Å²) in [7, 11) is 0. The standard InChI is InChI=1S/C19H25NO5/c21-18(22)12-15-5-3-9-20(15)19(23)17-6-2-1-4-14(17)13-25-16-7-10-24-11-8-16/h1-2,4,6,15-16H,3,5,7-13H2,(H,21,22). The number of amides is 1. The van der Waals surface area contributed by atoms with Crippen molar-refractivity contribution in [1.29, 1.82) is 0 Å². The predicted molar refractivity (Wildman–Crippen MR) is 91.4 cm³/mol. The Balaban J connectivity index is 1.68. The van der Waals surface area contributed by atoms with Crippen LogP contribution in [0.5, 0.6) is 0 Å². The van der Waals surface area contributed by atoms with Crippen LogP contribution in [-0.4, -0.2) is 53.8 Å². The third-order valence-electron chi connectivity index (χ3n) is 4.94. The number of aliphatic carboxylic acids is 1. The highest BCUT2D eigenvalue weighted by Crippen LogP contribution is 2.24. The van der Waals surface area contributed by atoms with Gasteiger partial charge in [0, 0.05) is 31.4 Å². The lowest BCUT2D eigenvalue weighted by Crippen LogP contribution is -2.37. The number of benzene rings is 1. The Morgan fingerprint density at radius 1 is 1.20 bits per heavy atom. The molecular weight excluding hydrogens is 322 g/mol. The molecule has 1 aromatic carbocycles. The lowest BCUT2D eigenvalue weighted by atomic mass is 10.1. The van der Waals surface area contributed by atoms with Gasteiger partial charge in [-0.25, -0.2) is 0 Å². The number of hydrogen-bond donors (Lipinski definition) is 1. The molecule has 1 N–H and O–H groups in total. The number of carbonyl (C=O) groups excluding carboxylic acids is 1. The van der Waals surface area contributed by atoms with E-state index in [4.69, 9.17) is 14.6 Å². The Labute approximate surface area is 147 Å². The fourth-order valence-corrected chi connectivity index (χ4v) is 3.58. The molecule has 3 rings (SSSR count). The highest BCUT2D eigenvalue weighted by atomic mass is 16.5. The molecule has 0 aliphatic carbocycles. The number of carboxylic acids is 1. The zero-order valence-electron chi connectivity index (χ0n) is 14.4. The Kier molecular flexibility index (Phi) is 6.04. The molecule has 0 radical (unpaired) electrons. The van der Waals surface area contributed by atoms with E-state index in [1.54, 1.807) is 11.0 Å². The van der Waals surface area contributed by atoms with Gasteiger partial charge in [0.1, 0.15) is 0 Å². The number of rotatable bonds is 6. The minimum absolute atomic E-state index is 0.00643. The van der Waals surface area contributed by atoms with E-state index < -0.39 is 5.97 Å². The van der Waals surface area contributed by atoms with Crippen LogP contribution in [0.15, 0.2) is 24.3 Å². The zero-order chi connectivity index (χ0) is 17.6. The van der Waals surface area contributed by atoms with Crippen molar-refractivity contribution in [2.45, 2.75) is 50.9 Å². The monoisotopic (exact) mass is 347 g/mol. The summed E-state index contributed by atoms with van der Waals surface area (Å²) in [6, 6.07) is 7.25. The maximum atomic E-state index is 13.0. The predicted octanol–water partition coefficient (Wildman–Crippen LogP) is 2.46. The Hall–Kier alpha value is -1.92. The van der Waals surface area contributed by atoms with E-state index in [2.05, 4.69) is 0 Å². The lowest BCUT2D eigenvalue weighted by molar-refractivity contribution is -0.137. The summed E-state index contributed by atoms with van der Waals surface area (Å²) >= 11 is 0. The zero-order valence-corrected chi connectivity index (χ0v) is 14.4. The quantitative estimate of drug-likeness (QED) is 0.855. The van der Waals surface area contributed by atoms with Crippen molar-refractivity contribution < 1.29 is 24.2 Å². The van der Waals surface area contributed by atoms with E-state index in [0.29, 0.717) is 18.7 Å². The van der Waals surface area contributed by atoms with Crippen molar-refractivity contribution in [2.75, 3.05) is 19.8 Å². The van der Waals surface area contributed by atoms with Crippen LogP contribution in [-0.2, 0) is 20.9 Å². The molecule has 136 valence electrons. The van der Waals surface area contributed by atoms with Gasteiger partial charge < -0.3 is 19.5 Å². The Morgan fingerprint density at radius 2 is 1.96 bits per heavy atom. The molecule has 0 spiro atoms. The number of ether oxygens (including phenoxy) is 2. The molecule has 25 heavy (non-hydrogen) atoms. The van der Waals surface area contributed by atoms with Gasteiger partial charge in [-0.05, 0) is 37.3 Å². The van der Waals surface area contributed by atoms with Gasteiger partial charge in [-0.1, -0.05) is 18.2 Å². The normalized spacial score (nSPS) is 21.4. The third-order valence-corrected chi connectivity index (χ3v) is 4.94. The largest absolute Gasteiger partial charge is 0.481 e. The second-order valence-corrected chi connectivity index (χ2v) is 6.67. The van der Waals surface area contributed by atoms with Crippen LogP contribution in [0.4, 0.5) is 0 Å². The van der Waals surface area contributed by atoms with Gasteiger partial charge in [-0.3, -0.25) is 9.59 Å². The maximum absolute atomic E-state index is 13.0. The first-order valence-corrected chi connectivity index (χ1v) is 8.95. The first-order valence-electron chi connectivity index (χ1n) is 8.95. The molecule has 2 aliphatic rings. The Bertz CT molecular complexity index is 612. The topological polar surface area (TPSA) is 76.1 Å². The molecule has 2 heterocycles. The minimum atomic E-state index is -0.860. The van der Waals surface area contributed by atoms with Crippen molar-refractivity contribution in [2.24, 2.45) is 0 Å². The first-order chi connectivity index (χ1) is 12.1. The molecule has 1 amide bonds. The smallest absolute Gasteiger partial charge is 0.305 e. The molecule has 2 saturated heterocycles. The summed E-state index contributed by atoms with van der Waals surface area (Å²) in [5.41, 5.74) is 1.48. The van der Waals surface area contributed by atoms with E-state index >= 15 is 0 Å². The van der Waals surface area contributed by atoms with Gasteiger partial charge in [0.2, 0.25) is 0 Å². The molecule has 2 aliphatic heterocycles. The number of nitrogens with zero attached hydrogens (tertiary/aromatic N) is 1. The molecule has 1 atom stereocenters. The van der Waals surface area contributed by atoms with E-state index in [0.717, 1.165) is 44.5 Å². The van der Waals surface area contributed by atoms with Crippen LogP contribution in [0.1, 0.15) is 48.0 Å². The van der Waals surface area contributed by atoms with Crippen LogP contribution in [0.2, 0.25) is 0 Å². The van der Waals surface area contributed by atoms with Gasteiger partial charge in [-0.2, -0.15) is 0 Å². The SMILES string of the molecule is O=C(O)CC1CCCN1C(=O)c1ccccc1COC1CCOCC1. The summed E-state index contributed by atoms with van der Waals surface area (Å²) in [5.74, 6) is -0.948. The van der Waals surface area contributed by atoms with Crippen LogP contribution < -0.4 is 0 Å². The van der Waals surface area contributed by atoms with Crippen molar-refractivity contribution >= 4 is 11.9 Å². The molecule has 1 unspecified atom stereocenters. The third kappa shape index (κ3) is 4.58. The van der Waals surface area contributed by atoms with Crippen molar-refractivity contribution in [3.05, 3.63) is 35.4 Å². The number of carboxylic acid groups (broad SMARTS) is 1. The maximum Gasteiger partial charge on any atom is 0.305 e. The molecule has 2 fully saturated rings. The fraction of sp³-hybridized carbons (Fsp3) is 0.579. The van der Waals surface area contributed by atoms with Gasteiger partial charge in [-0.15, -0.1) is 0 Å². The average Bonchev–Trinajstić information content (AvgIpc) is 3.08. The van der Waals surface area contributed by atoms with Crippen molar-refractivity contribution in [1.82, 2.24) is 4.90 Å². The molecular formula is C19H25NO5. The van der Waals surface area contributed by atoms with E-state index in [1.807, 2.05) is 18.2 Å². The summed E-state index contributed by atoms with van der Waals surface area (Å²) in [6.07, 6.45) is 3.53. The average molecular weight is 347 g/mol. The first kappa shape index (κ1) is 17.9. The number of hydrogen-bond acceptors (Lipinski definition) is 4. The second-order valence-electron chi connectivity index (χ2n) is 6.67. The van der Waals surface area contributed by atoms with Crippen LogP contribution in [0.3, 0.4) is 0 Å². The minimum Gasteiger partial charge on any atom is -0.481 e. The van der Waals surface area contributed by atoms with E-state index in [1.165, 1.54) is 0 Å². The number of likely N-dealkylation sites (tertiary alicyclic amines) is 1. The summed E-state index contributed by atoms with van der Waals surface area (Å²) < 4.78 is 11.3. The van der Waals surface area contributed by atoms with Gasteiger partial charge in [0.15, 0.2) is 0 Å². The fourth-order valence-electron chi connectivity index (χ4n) is 3.58. The van der Waals surface area contributed by atoms with Crippen molar-refractivity contribution in [3.63, 3.8) is 0 Å². The summed E-state index contributed by atoms with van der Waals surface area (Å²) in [5, 5.41) is 9.06. The molecule has 0 aromatic heterocycles. The Morgan fingerprint density at radius 3 is 2.72 bits per heavy atom. The summed E-state index contributed by atoms with van der Waals surface area (Å²) in [4.78, 5) is 25.7. The van der Waals surface area contributed by atoms with E-state index in [-0.39, 0.29) is 24.5 Å². The molecule has 1 aromatic rings. The van der Waals surface area contributed by atoms with Gasteiger partial charge >= 0.3 is 5.97 Å². The molecule has 6 nitrogen and oxygen atoms in total. The molecule has 6 heteroatoms. The molecule has 0 saturated carbocycles. The highest BCUT2D eigenvalue weighted by Gasteiger charge is 2.31. The highest BCUT2D eigenvalue weighted by molar-refractivity contribution is 5.96. The molecule has 0 bridgehead atoms. The number of carbonyl (C=O) groups is 2. The lowest BCUT2D eigenvalue weighted by Gasteiger charge is -2.26. The van der Waals surface area contributed by atoms with Gasteiger partial charge in [0.25, 0.3) is 5.91 Å². The van der Waals surface area contributed by atoms with Crippen LogP contribution in [0.25, 0.3) is 0 Å².